The van der Waals surface area contributed by atoms with Crippen LogP contribution in [0, 0.1) is 34.5 Å². The molecule has 0 bridgehead atoms. The van der Waals surface area contributed by atoms with Gasteiger partial charge in [0, 0.05) is 0 Å². The van der Waals surface area contributed by atoms with Crippen molar-refractivity contribution in [3.63, 3.8) is 0 Å². The fourth-order valence-corrected chi connectivity index (χ4v) is 7.30. The number of fused-ring (bicyclic) bond motifs is 5. The van der Waals surface area contributed by atoms with Crippen LogP contribution in [0.25, 0.3) is 0 Å². The minimum atomic E-state index is -0.142. The summed E-state index contributed by atoms with van der Waals surface area (Å²) in [4.78, 5) is 0. The van der Waals surface area contributed by atoms with Crippen LogP contribution in [0.3, 0.4) is 0 Å². The van der Waals surface area contributed by atoms with Crippen molar-refractivity contribution >= 4 is 0 Å². The Hall–Kier alpha value is -0.600. The third kappa shape index (κ3) is 2.58. The molecule has 2 nitrogen and oxygen atoms in total. The number of aliphatic hydroxyl groups excluding tert-OH is 2. The van der Waals surface area contributed by atoms with E-state index in [4.69, 9.17) is 0 Å². The van der Waals surface area contributed by atoms with Crippen LogP contribution in [0.1, 0.15) is 72.1 Å². The summed E-state index contributed by atoms with van der Waals surface area (Å²) in [5.74, 6) is 2.60. The molecule has 4 aliphatic carbocycles. The molecular formula is C23H36O2. The van der Waals surface area contributed by atoms with Gasteiger partial charge in [-0.25, -0.2) is 0 Å². The van der Waals surface area contributed by atoms with E-state index in [1.54, 1.807) is 0 Å². The normalized spacial score (nSPS) is 52.4. The van der Waals surface area contributed by atoms with Crippen LogP contribution in [0.2, 0.25) is 0 Å². The van der Waals surface area contributed by atoms with Gasteiger partial charge in [-0.1, -0.05) is 44.6 Å². The summed E-state index contributed by atoms with van der Waals surface area (Å²) in [6, 6.07) is 0. The van der Waals surface area contributed by atoms with Crippen molar-refractivity contribution in [1.82, 2.24) is 0 Å². The first-order chi connectivity index (χ1) is 11.9. The SMILES string of the molecule is CC/C=C/[C@H]1C[C@H](O)[C@@]2(C)CC[C@H]3[C@@H](CC=C4C[C@@H](O)CC[C@@]43C)[C@H]12. The highest BCUT2D eigenvalue weighted by atomic mass is 16.3. The first-order valence-electron chi connectivity index (χ1n) is 10.6. The van der Waals surface area contributed by atoms with Crippen LogP contribution in [0.4, 0.5) is 0 Å². The van der Waals surface area contributed by atoms with E-state index in [0.717, 1.165) is 44.4 Å². The average Bonchev–Trinajstić information content (AvgIpc) is 2.84. The molecule has 2 N–H and O–H groups in total. The van der Waals surface area contributed by atoms with Crippen LogP contribution in [0.5, 0.6) is 0 Å². The van der Waals surface area contributed by atoms with E-state index in [0.29, 0.717) is 17.8 Å². The van der Waals surface area contributed by atoms with Gasteiger partial charge in [0.2, 0.25) is 0 Å². The molecule has 0 aliphatic heterocycles. The van der Waals surface area contributed by atoms with E-state index >= 15 is 0 Å². The standard InChI is InChI=1S/C23H36O2/c1-4-5-6-15-13-20(25)23(3)12-10-19-18(21(15)23)8-7-16-14-17(24)9-11-22(16,19)2/h5-7,15,17-21,24-25H,4,8-14H2,1-3H3/b6-5+/t15-,17-,18+,19-,20-,21-,22-,23+/m0/s1. The number of rotatable bonds is 2. The van der Waals surface area contributed by atoms with Crippen molar-refractivity contribution in [3.05, 3.63) is 23.8 Å². The summed E-state index contributed by atoms with van der Waals surface area (Å²) >= 11 is 0. The second-order valence-corrected chi connectivity index (χ2v) is 9.87. The first-order valence-corrected chi connectivity index (χ1v) is 10.6. The molecule has 0 amide bonds. The molecule has 0 saturated heterocycles. The third-order valence-electron chi connectivity index (χ3n) is 8.71. The molecule has 8 atom stereocenters. The van der Waals surface area contributed by atoms with Crippen LogP contribution < -0.4 is 0 Å². The van der Waals surface area contributed by atoms with Crippen molar-refractivity contribution in [2.45, 2.75) is 84.3 Å². The van der Waals surface area contributed by atoms with Gasteiger partial charge in [0.05, 0.1) is 12.2 Å². The Balaban J connectivity index is 1.69. The molecule has 0 aromatic carbocycles. The van der Waals surface area contributed by atoms with Crippen molar-refractivity contribution in [1.29, 1.82) is 0 Å². The van der Waals surface area contributed by atoms with Gasteiger partial charge in [0.15, 0.2) is 0 Å². The van der Waals surface area contributed by atoms with E-state index in [-0.39, 0.29) is 23.0 Å². The fraction of sp³-hybridized carbons (Fsp3) is 0.826. The van der Waals surface area contributed by atoms with Crippen molar-refractivity contribution in [2.75, 3.05) is 0 Å². The molecule has 3 saturated carbocycles. The van der Waals surface area contributed by atoms with Crippen LogP contribution in [0.15, 0.2) is 23.8 Å². The molecule has 2 heteroatoms. The van der Waals surface area contributed by atoms with Crippen LogP contribution in [-0.2, 0) is 0 Å². The number of aliphatic hydroxyl groups is 2. The van der Waals surface area contributed by atoms with Gasteiger partial charge < -0.3 is 10.2 Å². The van der Waals surface area contributed by atoms with Gasteiger partial charge in [-0.15, -0.1) is 0 Å². The molecule has 3 fully saturated rings. The Labute approximate surface area is 153 Å². The summed E-state index contributed by atoms with van der Waals surface area (Å²) in [6.07, 6.45) is 15.6. The zero-order valence-corrected chi connectivity index (χ0v) is 16.2. The van der Waals surface area contributed by atoms with Gasteiger partial charge in [0.1, 0.15) is 0 Å². The van der Waals surface area contributed by atoms with E-state index in [1.165, 1.54) is 18.4 Å². The zero-order chi connectivity index (χ0) is 17.8. The molecule has 4 rings (SSSR count). The Kier molecular flexibility index (Phi) is 4.44. The molecule has 140 valence electrons. The third-order valence-corrected chi connectivity index (χ3v) is 8.71. The largest absolute Gasteiger partial charge is 0.393 e. The number of hydrogen-bond acceptors (Lipinski definition) is 2. The summed E-state index contributed by atoms with van der Waals surface area (Å²) < 4.78 is 0. The fourth-order valence-electron chi connectivity index (χ4n) is 7.30. The lowest BCUT2D eigenvalue weighted by Crippen LogP contribution is -2.52. The van der Waals surface area contributed by atoms with E-state index < -0.39 is 0 Å². The van der Waals surface area contributed by atoms with Gasteiger partial charge in [-0.3, -0.25) is 0 Å². The summed E-state index contributed by atoms with van der Waals surface area (Å²) in [5, 5.41) is 21.0. The number of hydrogen-bond donors (Lipinski definition) is 2. The Morgan fingerprint density at radius 2 is 2.00 bits per heavy atom. The van der Waals surface area contributed by atoms with Crippen LogP contribution in [-0.4, -0.2) is 22.4 Å². The Morgan fingerprint density at radius 1 is 1.20 bits per heavy atom. The highest BCUT2D eigenvalue weighted by Crippen LogP contribution is 2.66. The van der Waals surface area contributed by atoms with Gasteiger partial charge in [-0.2, -0.15) is 0 Å². The topological polar surface area (TPSA) is 40.5 Å². The lowest BCUT2D eigenvalue weighted by molar-refractivity contribution is -0.0759. The van der Waals surface area contributed by atoms with Gasteiger partial charge in [0.25, 0.3) is 0 Å². The lowest BCUT2D eigenvalue weighted by atomic mass is 9.47. The quantitative estimate of drug-likeness (QED) is 0.702. The molecule has 0 aromatic heterocycles. The van der Waals surface area contributed by atoms with Gasteiger partial charge in [-0.05, 0) is 85.9 Å². The predicted molar refractivity (Wildman–Crippen MR) is 102 cm³/mol. The lowest BCUT2D eigenvalue weighted by Gasteiger charge is -2.58. The maximum absolute atomic E-state index is 10.9. The molecule has 0 aromatic rings. The minimum Gasteiger partial charge on any atom is -0.393 e. The smallest absolute Gasteiger partial charge is 0.0602 e. The second-order valence-electron chi connectivity index (χ2n) is 9.87. The predicted octanol–water partition coefficient (Wildman–Crippen LogP) is 4.86. The zero-order valence-electron chi connectivity index (χ0n) is 16.2. The molecule has 4 aliphatic rings. The molecule has 0 heterocycles. The van der Waals surface area contributed by atoms with E-state index in [1.807, 2.05) is 0 Å². The minimum absolute atomic E-state index is 0.0970. The maximum atomic E-state index is 10.9. The van der Waals surface area contributed by atoms with Gasteiger partial charge >= 0.3 is 0 Å². The molecule has 0 radical (unpaired) electrons. The van der Waals surface area contributed by atoms with Crippen molar-refractivity contribution in [3.8, 4) is 0 Å². The highest BCUT2D eigenvalue weighted by Gasteiger charge is 2.60. The number of allylic oxidation sites excluding steroid dienone is 3. The summed E-state index contributed by atoms with van der Waals surface area (Å²) in [7, 11) is 0. The van der Waals surface area contributed by atoms with E-state index in [9.17, 15) is 10.2 Å². The molecule has 25 heavy (non-hydrogen) atoms. The summed E-state index contributed by atoms with van der Waals surface area (Å²) in [6.45, 7) is 7.05. The maximum Gasteiger partial charge on any atom is 0.0602 e. The second kappa shape index (κ2) is 6.23. The molecular weight excluding hydrogens is 308 g/mol. The van der Waals surface area contributed by atoms with Crippen molar-refractivity contribution < 1.29 is 10.2 Å². The Bertz CT molecular complexity index is 579. The first kappa shape index (κ1) is 17.8. The highest BCUT2D eigenvalue weighted by molar-refractivity contribution is 5.26. The molecule has 0 spiro atoms. The summed E-state index contributed by atoms with van der Waals surface area (Å²) in [5.41, 5.74) is 1.92. The van der Waals surface area contributed by atoms with Crippen LogP contribution >= 0.6 is 0 Å². The molecule has 0 unspecified atom stereocenters. The average molecular weight is 345 g/mol. The van der Waals surface area contributed by atoms with Crippen molar-refractivity contribution in [2.24, 2.45) is 34.5 Å². The monoisotopic (exact) mass is 344 g/mol. The Morgan fingerprint density at radius 3 is 2.76 bits per heavy atom. The van der Waals surface area contributed by atoms with E-state index in [2.05, 4.69) is 39.0 Å².